The molecule has 0 aliphatic carbocycles. The molecule has 2 N–H and O–H groups in total. The number of benzene rings is 1. The molecule has 0 bridgehead atoms. The van der Waals surface area contributed by atoms with E-state index in [-0.39, 0.29) is 16.3 Å². The van der Waals surface area contributed by atoms with E-state index in [0.29, 0.717) is 22.9 Å². The van der Waals surface area contributed by atoms with Crippen LogP contribution in [0.1, 0.15) is 18.5 Å². The van der Waals surface area contributed by atoms with E-state index in [1.165, 1.54) is 24.0 Å². The number of hydrogen-bond acceptors (Lipinski definition) is 8. The van der Waals surface area contributed by atoms with Crippen LogP contribution in [0, 0.1) is 6.92 Å². The predicted octanol–water partition coefficient (Wildman–Crippen LogP) is 1.20. The van der Waals surface area contributed by atoms with Crippen molar-refractivity contribution in [3.05, 3.63) is 23.9 Å². The number of nitrogens with zero attached hydrogens (tertiary/aromatic N) is 4. The van der Waals surface area contributed by atoms with Gasteiger partial charge in [0.25, 0.3) is 0 Å². The average molecular weight is 424 g/mol. The van der Waals surface area contributed by atoms with Crippen LogP contribution in [0.15, 0.2) is 18.2 Å². The van der Waals surface area contributed by atoms with Gasteiger partial charge in [0.1, 0.15) is 0 Å². The number of hydrogen-bond donors (Lipinski definition) is 2. The molecule has 9 heteroatoms. The van der Waals surface area contributed by atoms with Gasteiger partial charge in [-0.3, -0.25) is 0 Å². The summed E-state index contributed by atoms with van der Waals surface area (Å²) < 4.78 is 23.5. The van der Waals surface area contributed by atoms with Crippen molar-refractivity contribution in [2.75, 3.05) is 25.5 Å². The van der Waals surface area contributed by atoms with Crippen molar-refractivity contribution >= 4 is 23.1 Å². The van der Waals surface area contributed by atoms with E-state index in [9.17, 15) is 12.8 Å². The number of anilines is 1. The molecule has 3 rings (SSSR count). The Morgan fingerprint density at radius 2 is 2.08 bits per heavy atom. The summed E-state index contributed by atoms with van der Waals surface area (Å²) >= 11 is -4.15. The summed E-state index contributed by atoms with van der Waals surface area (Å²) in [5, 5.41) is 21.9. The van der Waals surface area contributed by atoms with E-state index < -0.39 is 12.7 Å². The van der Waals surface area contributed by atoms with Crippen LogP contribution in [0.3, 0.4) is 0 Å². The maximum absolute atomic E-state index is 11.7. The van der Waals surface area contributed by atoms with E-state index in [4.69, 9.17) is 0 Å². The molecule has 26 heavy (non-hydrogen) atoms. The van der Waals surface area contributed by atoms with Crippen LogP contribution in [0.4, 0.5) is 5.95 Å². The first-order valence-corrected chi connectivity index (χ1v) is 12.4. The third kappa shape index (κ3) is 4.17. The second-order valence-corrected chi connectivity index (χ2v) is 11.0. The first-order chi connectivity index (χ1) is 12.2. The summed E-state index contributed by atoms with van der Waals surface area (Å²) in [4.78, 5) is 6.72. The Morgan fingerprint density at radius 1 is 1.31 bits per heavy atom. The molecule has 1 aliphatic heterocycles. The molecule has 8 nitrogen and oxygen atoms in total. The molecular weight excluding hydrogens is 401 g/mol. The Morgan fingerprint density at radius 3 is 2.69 bits per heavy atom. The molecule has 1 atom stereocenters. The van der Waals surface area contributed by atoms with Gasteiger partial charge in [0, 0.05) is 0 Å². The Hall–Kier alpha value is -2.09. The molecule has 1 saturated heterocycles. The quantitative estimate of drug-likeness (QED) is 0.705. The van der Waals surface area contributed by atoms with Crippen molar-refractivity contribution in [2.24, 2.45) is 0 Å². The van der Waals surface area contributed by atoms with Crippen molar-refractivity contribution < 1.29 is 12.8 Å². The second kappa shape index (κ2) is 7.26. The van der Waals surface area contributed by atoms with Crippen LogP contribution in [-0.4, -0.2) is 64.1 Å². The Labute approximate surface area is 154 Å². The number of piperidine rings is 1. The fourth-order valence-electron chi connectivity index (χ4n) is 3.12. The SMILES string of the molecule is Cc1nc(N[C@@H]2CCCN(C)C2)nnc1-c1ccc([Se](C)(=O)=O)cc1O. The number of phenolic OH excluding ortho intramolecular Hbond substituents is 1. The van der Waals surface area contributed by atoms with Crippen molar-refractivity contribution in [1.29, 1.82) is 0 Å². The molecule has 2 heterocycles. The van der Waals surface area contributed by atoms with Crippen LogP contribution < -0.4 is 9.78 Å². The number of likely N-dealkylation sites (tertiary alicyclic amines) is 1. The van der Waals surface area contributed by atoms with E-state index >= 15 is 0 Å². The molecule has 2 aromatic rings. The minimum atomic E-state index is -4.15. The van der Waals surface area contributed by atoms with Crippen LogP contribution in [0.2, 0.25) is 5.82 Å². The van der Waals surface area contributed by atoms with Crippen LogP contribution in [-0.2, 0) is 7.67 Å². The van der Waals surface area contributed by atoms with Gasteiger partial charge in [0.15, 0.2) is 0 Å². The third-order valence-corrected chi connectivity index (χ3v) is 6.80. The van der Waals surface area contributed by atoms with Crippen molar-refractivity contribution in [3.8, 4) is 17.0 Å². The number of likely N-dealkylation sites (N-methyl/N-ethyl adjacent to an activating group) is 1. The van der Waals surface area contributed by atoms with Gasteiger partial charge in [-0.25, -0.2) is 0 Å². The zero-order chi connectivity index (χ0) is 18.9. The zero-order valence-corrected chi connectivity index (χ0v) is 16.8. The minimum absolute atomic E-state index is 0.126. The number of phenols is 1. The zero-order valence-electron chi connectivity index (χ0n) is 15.1. The van der Waals surface area contributed by atoms with Crippen LogP contribution in [0.25, 0.3) is 11.3 Å². The number of rotatable bonds is 4. The monoisotopic (exact) mass is 425 g/mol. The summed E-state index contributed by atoms with van der Waals surface area (Å²) in [7, 11) is 2.09. The second-order valence-electron chi connectivity index (χ2n) is 6.77. The number of aromatic nitrogens is 3. The third-order valence-electron chi connectivity index (χ3n) is 4.47. The van der Waals surface area contributed by atoms with Crippen molar-refractivity contribution in [1.82, 2.24) is 20.1 Å². The summed E-state index contributed by atoms with van der Waals surface area (Å²) in [6.45, 7) is 3.82. The first-order valence-electron chi connectivity index (χ1n) is 8.44. The van der Waals surface area contributed by atoms with Gasteiger partial charge in [-0.1, -0.05) is 0 Å². The molecule has 140 valence electrons. The van der Waals surface area contributed by atoms with Gasteiger partial charge in [-0.05, 0) is 13.6 Å². The summed E-state index contributed by atoms with van der Waals surface area (Å²) in [6, 6.07) is 4.55. The van der Waals surface area contributed by atoms with E-state index in [2.05, 4.69) is 32.4 Å². The maximum atomic E-state index is 11.7. The molecule has 0 saturated carbocycles. The topological polar surface area (TPSA) is 108 Å². The van der Waals surface area contributed by atoms with Crippen LogP contribution >= 0.6 is 0 Å². The van der Waals surface area contributed by atoms with Gasteiger partial charge in [0.2, 0.25) is 0 Å². The molecule has 1 aromatic carbocycles. The molecular formula is C17H23N5O3Se. The molecule has 1 aromatic heterocycles. The Kier molecular flexibility index (Phi) is 5.22. The number of aryl methyl sites for hydroxylation is 1. The van der Waals surface area contributed by atoms with Gasteiger partial charge in [-0.2, -0.15) is 0 Å². The normalized spacial score (nSPS) is 18.7. The van der Waals surface area contributed by atoms with E-state index in [0.717, 1.165) is 25.9 Å². The summed E-state index contributed by atoms with van der Waals surface area (Å²) in [6.07, 6.45) is 2.19. The fourth-order valence-corrected chi connectivity index (χ4v) is 4.47. The van der Waals surface area contributed by atoms with Crippen molar-refractivity contribution in [2.45, 2.75) is 31.6 Å². The van der Waals surface area contributed by atoms with Crippen molar-refractivity contribution in [3.63, 3.8) is 0 Å². The standard InChI is InChI=1S/C17H23N5O3Se/c1-11-16(14-7-6-13(9-15(14)23)26(3,24)25)20-21-17(18-11)19-12-5-4-8-22(2)10-12/h6-7,9,12,23H,4-5,8,10H2,1-3H3,(H,18,19,21)/t12-/m1/s1. The first kappa shape index (κ1) is 18.7. The molecule has 0 spiro atoms. The predicted molar refractivity (Wildman–Crippen MR) is 98.4 cm³/mol. The Bertz CT molecular complexity index is 917. The van der Waals surface area contributed by atoms with Crippen LogP contribution in [0.5, 0.6) is 5.75 Å². The van der Waals surface area contributed by atoms with E-state index in [1.54, 1.807) is 6.92 Å². The van der Waals surface area contributed by atoms with E-state index in [1.807, 2.05) is 0 Å². The Balaban J connectivity index is 1.84. The molecule has 0 radical (unpaired) electrons. The summed E-state index contributed by atoms with van der Waals surface area (Å²) in [5.74, 6) is 1.48. The van der Waals surface area contributed by atoms with Gasteiger partial charge < -0.3 is 0 Å². The molecule has 1 fully saturated rings. The average Bonchev–Trinajstić information content (AvgIpc) is 2.55. The van der Waals surface area contributed by atoms with Gasteiger partial charge in [0.05, 0.1) is 0 Å². The molecule has 0 amide bonds. The number of aromatic hydroxyl groups is 1. The van der Waals surface area contributed by atoms with Gasteiger partial charge >= 0.3 is 140 Å². The summed E-state index contributed by atoms with van der Waals surface area (Å²) in [5.41, 5.74) is 1.46. The number of nitrogens with one attached hydrogen (secondary N) is 1. The molecule has 0 unspecified atom stereocenters. The molecule has 1 aliphatic rings. The van der Waals surface area contributed by atoms with Gasteiger partial charge in [-0.15, -0.1) is 0 Å². The fraction of sp³-hybridized carbons (Fsp3) is 0.471.